The van der Waals surface area contributed by atoms with Crippen molar-refractivity contribution < 1.29 is 22.7 Å². The van der Waals surface area contributed by atoms with E-state index in [9.17, 15) is 13.2 Å². The Hall–Kier alpha value is -4.13. The number of fused-ring (bicyclic) bond motifs is 1. The van der Waals surface area contributed by atoms with Gasteiger partial charge in [-0.25, -0.2) is 13.4 Å². The van der Waals surface area contributed by atoms with Crippen molar-refractivity contribution in [2.24, 2.45) is 0 Å². The lowest BCUT2D eigenvalue weighted by molar-refractivity contribution is 0.0777. The number of para-hydroxylation sites is 2. The third kappa shape index (κ3) is 8.03. The van der Waals surface area contributed by atoms with Gasteiger partial charge in [-0.2, -0.15) is 0 Å². The molecule has 2 saturated heterocycles. The van der Waals surface area contributed by atoms with Crippen LogP contribution in [0.25, 0.3) is 11.0 Å². The number of sulfonamides is 1. The summed E-state index contributed by atoms with van der Waals surface area (Å²) in [6.07, 6.45) is 3.89. The predicted octanol–water partition coefficient (Wildman–Crippen LogP) is 4.84. The van der Waals surface area contributed by atoms with Crippen molar-refractivity contribution in [3.63, 3.8) is 0 Å². The van der Waals surface area contributed by atoms with E-state index in [2.05, 4.69) is 61.6 Å². The number of carbonyl (C=O) groups is 1. The molecule has 0 saturated carbocycles. The standard InChI is InChI=1S/C37H48N6O5S/c1-4-48-26-25-43-33-14-9-8-13-32(33)38-36(43)41-20-10-19-40(23-24-41)21-17-37(29-11-6-5-7-12-29)18-22-42(28-37)35(44)31-27-30(39-49(3,45)46)15-16-34(31)47-2/h5-9,11-16,27,39H,4,10,17-26,28H2,1-3H3. The normalized spacial score (nSPS) is 18.9. The van der Waals surface area contributed by atoms with Crippen LogP contribution in [0, 0.1) is 0 Å². The maximum absolute atomic E-state index is 14.0. The van der Waals surface area contributed by atoms with E-state index >= 15 is 0 Å². The van der Waals surface area contributed by atoms with Crippen LogP contribution in [0.15, 0.2) is 72.8 Å². The number of nitrogens with zero attached hydrogens (tertiary/aromatic N) is 5. The third-order valence-electron chi connectivity index (χ3n) is 9.84. The number of nitrogens with one attached hydrogen (secondary N) is 1. The van der Waals surface area contributed by atoms with Gasteiger partial charge in [0.15, 0.2) is 0 Å². The first-order chi connectivity index (χ1) is 23.7. The number of imidazole rings is 1. The summed E-state index contributed by atoms with van der Waals surface area (Å²) in [5.41, 5.74) is 3.87. The predicted molar refractivity (Wildman–Crippen MR) is 194 cm³/mol. The van der Waals surface area contributed by atoms with Crippen molar-refractivity contribution in [1.29, 1.82) is 0 Å². The minimum absolute atomic E-state index is 0.163. The first-order valence-corrected chi connectivity index (χ1v) is 19.1. The lowest BCUT2D eigenvalue weighted by atomic mass is 9.76. The maximum atomic E-state index is 14.0. The fraction of sp³-hybridized carbons (Fsp3) is 0.459. The van der Waals surface area contributed by atoms with Crippen molar-refractivity contribution in [2.45, 2.75) is 38.1 Å². The minimum Gasteiger partial charge on any atom is -0.496 e. The van der Waals surface area contributed by atoms with Crippen LogP contribution in [0.2, 0.25) is 0 Å². The van der Waals surface area contributed by atoms with Gasteiger partial charge in [-0.15, -0.1) is 0 Å². The smallest absolute Gasteiger partial charge is 0.257 e. The van der Waals surface area contributed by atoms with Gasteiger partial charge < -0.3 is 28.7 Å². The molecule has 1 atom stereocenters. The summed E-state index contributed by atoms with van der Waals surface area (Å²) in [5, 5.41) is 0. The molecule has 3 heterocycles. The van der Waals surface area contributed by atoms with Gasteiger partial charge in [-0.1, -0.05) is 42.5 Å². The van der Waals surface area contributed by atoms with Gasteiger partial charge in [0.1, 0.15) is 5.75 Å². The number of benzene rings is 3. The molecule has 11 nitrogen and oxygen atoms in total. The molecule has 49 heavy (non-hydrogen) atoms. The lowest BCUT2D eigenvalue weighted by Gasteiger charge is -2.33. The van der Waals surface area contributed by atoms with E-state index in [0.29, 0.717) is 43.3 Å². The molecule has 0 radical (unpaired) electrons. The number of anilines is 2. The van der Waals surface area contributed by atoms with E-state index in [0.717, 1.165) is 81.8 Å². The second kappa shape index (κ2) is 15.2. The molecule has 1 aromatic heterocycles. The number of ether oxygens (including phenoxy) is 2. The second-order valence-corrected chi connectivity index (χ2v) is 14.8. The van der Waals surface area contributed by atoms with E-state index in [1.165, 1.54) is 12.7 Å². The molecule has 6 rings (SSSR count). The molecule has 0 spiro atoms. The number of hydrogen-bond donors (Lipinski definition) is 1. The van der Waals surface area contributed by atoms with Crippen LogP contribution in [-0.2, 0) is 26.7 Å². The summed E-state index contributed by atoms with van der Waals surface area (Å²) < 4.78 is 39.8. The van der Waals surface area contributed by atoms with Crippen LogP contribution < -0.4 is 14.4 Å². The van der Waals surface area contributed by atoms with Gasteiger partial charge in [0.2, 0.25) is 16.0 Å². The van der Waals surface area contributed by atoms with Crippen LogP contribution in [-0.4, -0.2) is 106 Å². The Bertz CT molecular complexity index is 1850. The average molecular weight is 689 g/mol. The molecule has 3 aromatic carbocycles. The fourth-order valence-electron chi connectivity index (χ4n) is 7.34. The lowest BCUT2D eigenvalue weighted by Crippen LogP contribution is -2.39. The molecule has 1 N–H and O–H groups in total. The Kier molecular flexibility index (Phi) is 10.8. The molecular weight excluding hydrogens is 641 g/mol. The van der Waals surface area contributed by atoms with Crippen molar-refractivity contribution in [1.82, 2.24) is 19.4 Å². The van der Waals surface area contributed by atoms with Gasteiger partial charge in [-0.05, 0) is 75.2 Å². The Labute approximate surface area is 289 Å². The minimum atomic E-state index is -3.50. The van der Waals surface area contributed by atoms with Crippen LogP contribution >= 0.6 is 0 Å². The zero-order valence-corrected chi connectivity index (χ0v) is 29.6. The van der Waals surface area contributed by atoms with E-state index in [4.69, 9.17) is 14.5 Å². The highest BCUT2D eigenvalue weighted by Gasteiger charge is 2.42. The fourth-order valence-corrected chi connectivity index (χ4v) is 7.89. The summed E-state index contributed by atoms with van der Waals surface area (Å²) in [5.74, 6) is 1.27. The van der Waals surface area contributed by atoms with Crippen molar-refractivity contribution in [3.05, 3.63) is 83.9 Å². The maximum Gasteiger partial charge on any atom is 0.257 e. The van der Waals surface area contributed by atoms with Crippen molar-refractivity contribution >= 4 is 38.6 Å². The average Bonchev–Trinajstić information content (AvgIpc) is 3.62. The molecule has 1 unspecified atom stereocenters. The highest BCUT2D eigenvalue weighted by atomic mass is 32.2. The zero-order chi connectivity index (χ0) is 34.4. The van der Waals surface area contributed by atoms with Gasteiger partial charge in [0, 0.05) is 57.0 Å². The first kappa shape index (κ1) is 34.7. The SMILES string of the molecule is CCOCCn1c(N2CCCN(CCC3(c4ccccc4)CCN(C(=O)c4cc(NS(C)(=O)=O)ccc4OC)C3)CC2)nc2ccccc21. The van der Waals surface area contributed by atoms with E-state index in [1.807, 2.05) is 24.0 Å². The van der Waals surface area contributed by atoms with E-state index in [1.54, 1.807) is 18.2 Å². The molecule has 2 aliphatic heterocycles. The number of hydrogen-bond acceptors (Lipinski definition) is 8. The van der Waals surface area contributed by atoms with E-state index in [-0.39, 0.29) is 11.3 Å². The van der Waals surface area contributed by atoms with Gasteiger partial charge >= 0.3 is 0 Å². The Balaban J connectivity index is 1.17. The summed E-state index contributed by atoms with van der Waals surface area (Å²) in [6.45, 7) is 10.00. The highest BCUT2D eigenvalue weighted by molar-refractivity contribution is 7.92. The number of methoxy groups -OCH3 is 1. The Morgan fingerprint density at radius 1 is 0.959 bits per heavy atom. The summed E-state index contributed by atoms with van der Waals surface area (Å²) in [4.78, 5) is 25.9. The molecule has 12 heteroatoms. The van der Waals surface area contributed by atoms with Crippen molar-refractivity contribution in [3.8, 4) is 5.75 Å². The summed E-state index contributed by atoms with van der Waals surface area (Å²) in [6, 6.07) is 23.7. The molecule has 4 aromatic rings. The molecule has 1 amide bonds. The molecule has 0 aliphatic carbocycles. The van der Waals surface area contributed by atoms with Crippen LogP contribution in [0.4, 0.5) is 11.6 Å². The number of likely N-dealkylation sites (tertiary alicyclic amines) is 1. The van der Waals surface area contributed by atoms with Crippen LogP contribution in [0.3, 0.4) is 0 Å². The van der Waals surface area contributed by atoms with Gasteiger partial charge in [0.25, 0.3) is 5.91 Å². The van der Waals surface area contributed by atoms with Crippen LogP contribution in [0.5, 0.6) is 5.75 Å². The second-order valence-electron chi connectivity index (χ2n) is 13.1. The third-order valence-corrected chi connectivity index (χ3v) is 10.4. The molecule has 2 aliphatic rings. The van der Waals surface area contributed by atoms with Crippen molar-refractivity contribution in [2.75, 3.05) is 82.0 Å². The monoisotopic (exact) mass is 688 g/mol. The largest absolute Gasteiger partial charge is 0.496 e. The first-order valence-electron chi connectivity index (χ1n) is 17.2. The molecule has 262 valence electrons. The van der Waals surface area contributed by atoms with E-state index < -0.39 is 10.0 Å². The highest BCUT2D eigenvalue weighted by Crippen LogP contribution is 2.39. The summed E-state index contributed by atoms with van der Waals surface area (Å²) >= 11 is 0. The Morgan fingerprint density at radius 2 is 1.76 bits per heavy atom. The summed E-state index contributed by atoms with van der Waals surface area (Å²) in [7, 11) is -1.98. The Morgan fingerprint density at radius 3 is 2.53 bits per heavy atom. The quantitative estimate of drug-likeness (QED) is 0.199. The molecule has 0 bridgehead atoms. The number of amides is 1. The topological polar surface area (TPSA) is 109 Å². The molecule has 2 fully saturated rings. The van der Waals surface area contributed by atoms with Gasteiger partial charge in [-0.3, -0.25) is 9.52 Å². The zero-order valence-electron chi connectivity index (χ0n) is 28.8. The van der Waals surface area contributed by atoms with Crippen LogP contribution in [0.1, 0.15) is 42.1 Å². The number of aromatic nitrogens is 2. The molecular formula is C37H48N6O5S. The number of rotatable bonds is 13. The van der Waals surface area contributed by atoms with Gasteiger partial charge in [0.05, 0.1) is 36.6 Å². The number of carbonyl (C=O) groups excluding carboxylic acids is 1.